The summed E-state index contributed by atoms with van der Waals surface area (Å²) in [4.78, 5) is 2.02. The van der Waals surface area contributed by atoms with Crippen molar-refractivity contribution in [3.63, 3.8) is 0 Å². The Bertz CT molecular complexity index is 455. The molecule has 6 heteroatoms. The highest BCUT2D eigenvalue weighted by molar-refractivity contribution is 6.33. The highest BCUT2D eigenvalue weighted by Gasteiger charge is 2.26. The first-order valence-electron chi connectivity index (χ1n) is 6.00. The van der Waals surface area contributed by atoms with Gasteiger partial charge in [-0.3, -0.25) is 5.32 Å². The van der Waals surface area contributed by atoms with Gasteiger partial charge in [0.25, 0.3) is 0 Å². The average molecular weight is 271 g/mol. The number of benzene rings is 1. The molecule has 0 aromatic heterocycles. The maximum atomic E-state index is 9.67. The molecule has 0 saturated carbocycles. The second kappa shape index (κ2) is 4.84. The van der Waals surface area contributed by atoms with Gasteiger partial charge in [-0.15, -0.1) is 0 Å². The molecule has 98 valence electrons. The normalized spacial score (nSPS) is 23.0. The van der Waals surface area contributed by atoms with Crippen LogP contribution in [0.15, 0.2) is 12.1 Å². The van der Waals surface area contributed by atoms with E-state index in [1.54, 1.807) is 6.07 Å². The molecule has 1 unspecified atom stereocenters. The zero-order valence-electron chi connectivity index (χ0n) is 9.86. The number of β-amino-alcohol motifs (C(OH)–C–C–N with tert-alkyl or cyclic N) is 1. The average Bonchev–Trinajstić information content (AvgIpc) is 2.38. The fourth-order valence-corrected chi connectivity index (χ4v) is 2.57. The van der Waals surface area contributed by atoms with E-state index in [4.69, 9.17) is 21.1 Å². The van der Waals surface area contributed by atoms with Crippen LogP contribution in [0, 0.1) is 0 Å². The molecule has 18 heavy (non-hydrogen) atoms. The molecule has 5 nitrogen and oxygen atoms in total. The van der Waals surface area contributed by atoms with Gasteiger partial charge in [-0.25, -0.2) is 0 Å². The first-order chi connectivity index (χ1) is 8.75. The number of piperazine rings is 1. The molecule has 1 aromatic rings. The second-order valence-corrected chi connectivity index (χ2v) is 4.74. The minimum absolute atomic E-state index is 0.486. The van der Waals surface area contributed by atoms with Crippen molar-refractivity contribution in [3.05, 3.63) is 17.2 Å². The van der Waals surface area contributed by atoms with Crippen molar-refractivity contribution in [1.29, 1.82) is 0 Å². The van der Waals surface area contributed by atoms with E-state index in [2.05, 4.69) is 5.32 Å². The predicted molar refractivity (Wildman–Crippen MR) is 68.7 cm³/mol. The van der Waals surface area contributed by atoms with Crippen LogP contribution in [-0.2, 0) is 0 Å². The predicted octanol–water partition coefficient (Wildman–Crippen LogP) is 0.839. The number of fused-ring (bicyclic) bond motifs is 1. The maximum Gasteiger partial charge on any atom is 0.186 e. The third kappa shape index (κ3) is 2.09. The molecule has 0 aliphatic carbocycles. The summed E-state index contributed by atoms with van der Waals surface area (Å²) >= 11 is 6.26. The van der Waals surface area contributed by atoms with E-state index in [-0.39, 0.29) is 0 Å². The minimum Gasteiger partial charge on any atom is -0.486 e. The van der Waals surface area contributed by atoms with Gasteiger partial charge in [0.15, 0.2) is 11.5 Å². The molecule has 0 radical (unpaired) electrons. The van der Waals surface area contributed by atoms with Crippen molar-refractivity contribution >= 4 is 17.3 Å². The number of anilines is 1. The molecular formula is C12H15ClN2O3. The molecule has 1 aromatic carbocycles. The van der Waals surface area contributed by atoms with E-state index in [1.807, 2.05) is 11.0 Å². The number of hydrogen-bond acceptors (Lipinski definition) is 5. The van der Waals surface area contributed by atoms with Gasteiger partial charge in [0, 0.05) is 13.1 Å². The van der Waals surface area contributed by atoms with Crippen LogP contribution in [0.25, 0.3) is 0 Å². The Labute approximate surface area is 110 Å². The Morgan fingerprint density at radius 2 is 2.17 bits per heavy atom. The van der Waals surface area contributed by atoms with Crippen LogP contribution < -0.4 is 19.7 Å². The summed E-state index contributed by atoms with van der Waals surface area (Å²) in [5, 5.41) is 13.3. The van der Waals surface area contributed by atoms with Crippen LogP contribution in [0.5, 0.6) is 11.5 Å². The fourth-order valence-electron chi connectivity index (χ4n) is 2.31. The monoisotopic (exact) mass is 270 g/mol. The Hall–Kier alpha value is -1.17. The molecule has 0 bridgehead atoms. The molecule has 1 atom stereocenters. The summed E-state index contributed by atoms with van der Waals surface area (Å²) in [7, 11) is 0. The SMILES string of the molecule is OC1CN(c2c(Cl)ccc3c2OCCO3)CCN1. The smallest absolute Gasteiger partial charge is 0.186 e. The lowest BCUT2D eigenvalue weighted by atomic mass is 10.2. The van der Waals surface area contributed by atoms with Crippen molar-refractivity contribution in [2.24, 2.45) is 0 Å². The standard InChI is InChI=1S/C12H15ClN2O3/c13-8-1-2-9-12(18-6-5-17-9)11(8)15-4-3-14-10(16)7-15/h1-2,10,14,16H,3-7H2. The van der Waals surface area contributed by atoms with E-state index in [0.717, 1.165) is 12.2 Å². The fraction of sp³-hybridized carbons (Fsp3) is 0.500. The molecule has 0 spiro atoms. The van der Waals surface area contributed by atoms with Crippen molar-refractivity contribution in [3.8, 4) is 11.5 Å². The number of hydrogen-bond donors (Lipinski definition) is 2. The van der Waals surface area contributed by atoms with Crippen LogP contribution in [0.4, 0.5) is 5.69 Å². The summed E-state index contributed by atoms with van der Waals surface area (Å²) in [6, 6.07) is 3.62. The zero-order valence-corrected chi connectivity index (χ0v) is 10.6. The molecule has 1 fully saturated rings. The molecule has 2 heterocycles. The lowest BCUT2D eigenvalue weighted by Crippen LogP contribution is -2.50. The molecule has 0 amide bonds. The number of ether oxygens (including phenoxy) is 2. The van der Waals surface area contributed by atoms with E-state index in [9.17, 15) is 5.11 Å². The largest absolute Gasteiger partial charge is 0.486 e. The molecule has 2 N–H and O–H groups in total. The first-order valence-corrected chi connectivity index (χ1v) is 6.38. The van der Waals surface area contributed by atoms with Gasteiger partial charge in [-0.1, -0.05) is 11.6 Å². The summed E-state index contributed by atoms with van der Waals surface area (Å²) in [5.74, 6) is 1.40. The Kier molecular flexibility index (Phi) is 3.20. The lowest BCUT2D eigenvalue weighted by molar-refractivity contribution is 0.130. The highest BCUT2D eigenvalue weighted by atomic mass is 35.5. The summed E-state index contributed by atoms with van der Waals surface area (Å²) < 4.78 is 11.2. The highest BCUT2D eigenvalue weighted by Crippen LogP contribution is 2.44. The zero-order chi connectivity index (χ0) is 12.5. The van der Waals surface area contributed by atoms with Crippen molar-refractivity contribution < 1.29 is 14.6 Å². The third-order valence-corrected chi connectivity index (χ3v) is 3.41. The van der Waals surface area contributed by atoms with Crippen LogP contribution in [0.3, 0.4) is 0 Å². The quantitative estimate of drug-likeness (QED) is 0.792. The van der Waals surface area contributed by atoms with Crippen LogP contribution in [0.1, 0.15) is 0 Å². The number of nitrogens with one attached hydrogen (secondary N) is 1. The van der Waals surface area contributed by atoms with Crippen LogP contribution in [0.2, 0.25) is 5.02 Å². The summed E-state index contributed by atoms with van der Waals surface area (Å²) in [6.45, 7) is 3.05. The van der Waals surface area contributed by atoms with Gasteiger partial charge < -0.3 is 19.5 Å². The number of nitrogens with zero attached hydrogens (tertiary/aromatic N) is 1. The molecule has 2 aliphatic heterocycles. The van der Waals surface area contributed by atoms with Gasteiger partial charge in [-0.2, -0.15) is 0 Å². The molecule has 1 saturated heterocycles. The minimum atomic E-state index is -0.546. The Morgan fingerprint density at radius 3 is 3.00 bits per heavy atom. The van der Waals surface area contributed by atoms with Gasteiger partial charge >= 0.3 is 0 Å². The van der Waals surface area contributed by atoms with Crippen LogP contribution in [-0.4, -0.2) is 44.2 Å². The summed E-state index contributed by atoms with van der Waals surface area (Å²) in [6.07, 6.45) is -0.546. The molecule has 3 rings (SSSR count). The number of aliphatic hydroxyl groups excluding tert-OH is 1. The second-order valence-electron chi connectivity index (χ2n) is 4.34. The number of aliphatic hydroxyl groups is 1. The number of rotatable bonds is 1. The van der Waals surface area contributed by atoms with E-state index in [0.29, 0.717) is 42.8 Å². The van der Waals surface area contributed by atoms with E-state index in [1.165, 1.54) is 0 Å². The molecular weight excluding hydrogens is 256 g/mol. The summed E-state index contributed by atoms with van der Waals surface area (Å²) in [5.41, 5.74) is 0.814. The third-order valence-electron chi connectivity index (χ3n) is 3.10. The topological polar surface area (TPSA) is 54.0 Å². The Balaban J connectivity index is 1.99. The van der Waals surface area contributed by atoms with Gasteiger partial charge in [0.1, 0.15) is 25.1 Å². The maximum absolute atomic E-state index is 9.67. The Morgan fingerprint density at radius 1 is 1.33 bits per heavy atom. The van der Waals surface area contributed by atoms with Gasteiger partial charge in [0.2, 0.25) is 0 Å². The van der Waals surface area contributed by atoms with E-state index >= 15 is 0 Å². The van der Waals surface area contributed by atoms with Gasteiger partial charge in [0.05, 0.1) is 11.6 Å². The van der Waals surface area contributed by atoms with Crippen molar-refractivity contribution in [2.45, 2.75) is 6.23 Å². The van der Waals surface area contributed by atoms with Crippen molar-refractivity contribution in [2.75, 3.05) is 37.7 Å². The van der Waals surface area contributed by atoms with Crippen LogP contribution >= 0.6 is 11.6 Å². The van der Waals surface area contributed by atoms with Gasteiger partial charge in [-0.05, 0) is 12.1 Å². The first kappa shape index (κ1) is 11.9. The molecule has 2 aliphatic rings. The van der Waals surface area contributed by atoms with Crippen molar-refractivity contribution in [1.82, 2.24) is 5.32 Å². The van der Waals surface area contributed by atoms with E-state index < -0.39 is 6.23 Å². The number of halogens is 1. The lowest BCUT2D eigenvalue weighted by Gasteiger charge is -2.35.